The number of aliphatic hydroxyl groups excluding tert-OH is 1. The van der Waals surface area contributed by atoms with Crippen LogP contribution in [0, 0.1) is 35.0 Å². The lowest BCUT2D eigenvalue weighted by molar-refractivity contribution is -0.0213. The normalized spacial score (nSPS) is 53.9. The van der Waals surface area contributed by atoms with Gasteiger partial charge in [0.1, 0.15) is 0 Å². The van der Waals surface area contributed by atoms with Gasteiger partial charge in [-0.05, 0) is 73.5 Å². The summed E-state index contributed by atoms with van der Waals surface area (Å²) in [5.41, 5.74) is 1.98. The lowest BCUT2D eigenvalue weighted by atomic mass is 9.49. The standard InChI is InChI=1S/C19H28O/c1-12-10-18-17(16-5-3-4-15(12)16)7-6-13-11-14(20)8-9-19(13,18)2/h3-4,6,12,14-18,20H,5,7-11H2,1-2H3. The Kier molecular flexibility index (Phi) is 2.93. The van der Waals surface area contributed by atoms with Crippen molar-refractivity contribution in [3.8, 4) is 0 Å². The van der Waals surface area contributed by atoms with E-state index in [2.05, 4.69) is 32.1 Å². The quantitative estimate of drug-likeness (QED) is 0.651. The summed E-state index contributed by atoms with van der Waals surface area (Å²) in [5.74, 6) is 4.37. The van der Waals surface area contributed by atoms with Crippen molar-refractivity contribution in [1.29, 1.82) is 0 Å². The smallest absolute Gasteiger partial charge is 0.0577 e. The van der Waals surface area contributed by atoms with Crippen LogP contribution in [-0.2, 0) is 0 Å². The molecule has 7 unspecified atom stereocenters. The van der Waals surface area contributed by atoms with Crippen molar-refractivity contribution in [1.82, 2.24) is 0 Å². The van der Waals surface area contributed by atoms with Crippen LogP contribution in [-0.4, -0.2) is 11.2 Å². The van der Waals surface area contributed by atoms with Gasteiger partial charge in [0, 0.05) is 0 Å². The van der Waals surface area contributed by atoms with Gasteiger partial charge in [-0.1, -0.05) is 37.6 Å². The summed E-state index contributed by atoms with van der Waals surface area (Å²) in [6.07, 6.45) is 14.6. The van der Waals surface area contributed by atoms with Crippen LogP contribution in [0.4, 0.5) is 0 Å². The number of hydrogen-bond acceptors (Lipinski definition) is 1. The first kappa shape index (κ1) is 13.1. The number of hydrogen-bond donors (Lipinski definition) is 1. The Labute approximate surface area is 123 Å². The van der Waals surface area contributed by atoms with E-state index in [9.17, 15) is 5.11 Å². The first-order valence-electron chi connectivity index (χ1n) is 8.64. The third-order valence-electron chi connectivity index (χ3n) is 7.25. The molecule has 0 amide bonds. The van der Waals surface area contributed by atoms with Crippen LogP contribution in [0.15, 0.2) is 23.8 Å². The minimum atomic E-state index is -0.0761. The molecule has 0 aromatic carbocycles. The Hall–Kier alpha value is -0.560. The second-order valence-corrected chi connectivity index (χ2v) is 8.17. The highest BCUT2D eigenvalue weighted by Gasteiger charge is 2.53. The van der Waals surface area contributed by atoms with Gasteiger partial charge in [-0.2, -0.15) is 0 Å². The van der Waals surface area contributed by atoms with E-state index < -0.39 is 0 Å². The molecule has 110 valence electrons. The largest absolute Gasteiger partial charge is 0.393 e. The summed E-state index contributed by atoms with van der Waals surface area (Å²) in [5, 5.41) is 10.0. The van der Waals surface area contributed by atoms with Crippen molar-refractivity contribution in [3.05, 3.63) is 23.8 Å². The SMILES string of the molecule is CC1CC2C(CC=C3CC(O)CCC32C)C2CC=CC12. The highest BCUT2D eigenvalue weighted by molar-refractivity contribution is 5.25. The average molecular weight is 272 g/mol. The highest BCUT2D eigenvalue weighted by atomic mass is 16.3. The molecule has 0 aromatic rings. The molecule has 0 aliphatic heterocycles. The van der Waals surface area contributed by atoms with E-state index >= 15 is 0 Å². The molecule has 7 atom stereocenters. The Morgan fingerprint density at radius 2 is 2.10 bits per heavy atom. The topological polar surface area (TPSA) is 20.2 Å². The predicted octanol–water partition coefficient (Wildman–Crippen LogP) is 4.33. The maximum atomic E-state index is 10.0. The monoisotopic (exact) mass is 272 g/mol. The third-order valence-corrected chi connectivity index (χ3v) is 7.25. The summed E-state index contributed by atoms with van der Waals surface area (Å²) in [6, 6.07) is 0. The van der Waals surface area contributed by atoms with Gasteiger partial charge in [-0.25, -0.2) is 0 Å². The molecule has 0 aromatic heterocycles. The fourth-order valence-corrected chi connectivity index (χ4v) is 6.10. The van der Waals surface area contributed by atoms with Gasteiger partial charge in [0.05, 0.1) is 6.10 Å². The molecule has 0 saturated heterocycles. The number of aliphatic hydroxyl groups is 1. The maximum absolute atomic E-state index is 10.0. The summed E-state index contributed by atoms with van der Waals surface area (Å²) in [4.78, 5) is 0. The fourth-order valence-electron chi connectivity index (χ4n) is 6.10. The second-order valence-electron chi connectivity index (χ2n) is 8.17. The molecule has 20 heavy (non-hydrogen) atoms. The molecule has 4 aliphatic rings. The van der Waals surface area contributed by atoms with Gasteiger partial charge in [0.25, 0.3) is 0 Å². The van der Waals surface area contributed by atoms with Gasteiger partial charge in [0.15, 0.2) is 0 Å². The maximum Gasteiger partial charge on any atom is 0.0577 e. The van der Waals surface area contributed by atoms with Crippen molar-refractivity contribution < 1.29 is 5.11 Å². The zero-order valence-corrected chi connectivity index (χ0v) is 12.9. The highest BCUT2D eigenvalue weighted by Crippen LogP contribution is 2.61. The zero-order valence-electron chi connectivity index (χ0n) is 12.9. The van der Waals surface area contributed by atoms with Crippen molar-refractivity contribution in [2.75, 3.05) is 0 Å². The van der Waals surface area contributed by atoms with Crippen molar-refractivity contribution in [2.45, 2.75) is 58.5 Å². The van der Waals surface area contributed by atoms with Crippen molar-refractivity contribution in [2.24, 2.45) is 35.0 Å². The molecule has 1 heteroatoms. The molecule has 0 radical (unpaired) electrons. The van der Waals surface area contributed by atoms with E-state index in [4.69, 9.17) is 0 Å². The van der Waals surface area contributed by atoms with Crippen LogP contribution < -0.4 is 0 Å². The minimum Gasteiger partial charge on any atom is -0.393 e. The summed E-state index contributed by atoms with van der Waals surface area (Å²) in [7, 11) is 0. The minimum absolute atomic E-state index is 0.0761. The average Bonchev–Trinajstić information content (AvgIpc) is 2.91. The molecule has 1 N–H and O–H groups in total. The lowest BCUT2D eigenvalue weighted by Gasteiger charge is -2.56. The van der Waals surface area contributed by atoms with Crippen LogP contribution >= 0.6 is 0 Å². The zero-order chi connectivity index (χ0) is 13.9. The Morgan fingerprint density at radius 3 is 2.95 bits per heavy atom. The number of allylic oxidation sites excluding steroid dienone is 3. The van der Waals surface area contributed by atoms with Gasteiger partial charge < -0.3 is 5.11 Å². The van der Waals surface area contributed by atoms with Gasteiger partial charge in [-0.15, -0.1) is 0 Å². The van der Waals surface area contributed by atoms with E-state index in [0.717, 1.165) is 42.4 Å². The molecule has 1 nitrogen and oxygen atoms in total. The molecular formula is C19H28O. The van der Waals surface area contributed by atoms with E-state index in [1.807, 2.05) is 0 Å². The first-order chi connectivity index (χ1) is 9.59. The lowest BCUT2D eigenvalue weighted by Crippen LogP contribution is -2.49. The Morgan fingerprint density at radius 1 is 1.25 bits per heavy atom. The van der Waals surface area contributed by atoms with Gasteiger partial charge in [-0.3, -0.25) is 0 Å². The first-order valence-corrected chi connectivity index (χ1v) is 8.64. The van der Waals surface area contributed by atoms with Crippen LogP contribution in [0.25, 0.3) is 0 Å². The van der Waals surface area contributed by atoms with E-state index in [1.165, 1.54) is 25.7 Å². The van der Waals surface area contributed by atoms with Crippen LogP contribution in [0.5, 0.6) is 0 Å². The van der Waals surface area contributed by atoms with Crippen LogP contribution in [0.3, 0.4) is 0 Å². The van der Waals surface area contributed by atoms with Crippen LogP contribution in [0.1, 0.15) is 52.4 Å². The third kappa shape index (κ3) is 1.71. The molecule has 4 aliphatic carbocycles. The Balaban J connectivity index is 1.69. The molecule has 0 spiro atoms. The second kappa shape index (κ2) is 4.47. The summed E-state index contributed by atoms with van der Waals surface area (Å²) >= 11 is 0. The van der Waals surface area contributed by atoms with Crippen LogP contribution in [0.2, 0.25) is 0 Å². The van der Waals surface area contributed by atoms with E-state index in [1.54, 1.807) is 5.57 Å². The number of rotatable bonds is 0. The predicted molar refractivity (Wildman–Crippen MR) is 82.2 cm³/mol. The molecular weight excluding hydrogens is 244 g/mol. The molecule has 2 fully saturated rings. The fraction of sp³-hybridized carbons (Fsp3) is 0.789. The summed E-state index contributed by atoms with van der Waals surface area (Å²) in [6.45, 7) is 4.99. The molecule has 0 bridgehead atoms. The van der Waals surface area contributed by atoms with E-state index in [-0.39, 0.29) is 6.10 Å². The van der Waals surface area contributed by atoms with Gasteiger partial charge in [0.2, 0.25) is 0 Å². The summed E-state index contributed by atoms with van der Waals surface area (Å²) < 4.78 is 0. The molecule has 2 saturated carbocycles. The molecule has 4 rings (SSSR count). The number of fused-ring (bicyclic) bond motifs is 5. The van der Waals surface area contributed by atoms with Gasteiger partial charge >= 0.3 is 0 Å². The van der Waals surface area contributed by atoms with Crippen molar-refractivity contribution in [3.63, 3.8) is 0 Å². The molecule has 0 heterocycles. The van der Waals surface area contributed by atoms with Crippen molar-refractivity contribution >= 4 is 0 Å². The Bertz CT molecular complexity index is 462. The van der Waals surface area contributed by atoms with E-state index in [0.29, 0.717) is 5.41 Å².